The van der Waals surface area contributed by atoms with Gasteiger partial charge in [-0.2, -0.15) is 0 Å². The van der Waals surface area contributed by atoms with Crippen molar-refractivity contribution in [1.82, 2.24) is 4.90 Å². The second kappa shape index (κ2) is 4.47. The third kappa shape index (κ3) is 2.38. The predicted molar refractivity (Wildman–Crippen MR) is 61.7 cm³/mol. The van der Waals surface area contributed by atoms with Gasteiger partial charge in [0.1, 0.15) is 5.60 Å². The minimum Gasteiger partial charge on any atom is -0.365 e. The summed E-state index contributed by atoms with van der Waals surface area (Å²) >= 11 is 0. The maximum atomic E-state index is 12.3. The zero-order chi connectivity index (χ0) is 11.6. The molecule has 1 unspecified atom stereocenters. The summed E-state index contributed by atoms with van der Waals surface area (Å²) in [5.74, 6) is 3.32. The van der Waals surface area contributed by atoms with E-state index in [4.69, 9.17) is 11.2 Å². The van der Waals surface area contributed by atoms with Gasteiger partial charge in [-0.05, 0) is 38.5 Å². The Morgan fingerprint density at radius 3 is 2.88 bits per heavy atom. The minimum absolute atomic E-state index is 0.0786. The molecule has 3 heteroatoms. The van der Waals surface area contributed by atoms with Crippen LogP contribution < -0.4 is 0 Å². The molecule has 2 rings (SSSR count). The van der Waals surface area contributed by atoms with Crippen LogP contribution in [0.15, 0.2) is 0 Å². The van der Waals surface area contributed by atoms with Crippen LogP contribution in [0.4, 0.5) is 0 Å². The van der Waals surface area contributed by atoms with E-state index in [1.54, 1.807) is 4.90 Å². The Labute approximate surface area is 97.1 Å². The van der Waals surface area contributed by atoms with Crippen molar-refractivity contribution in [2.24, 2.45) is 5.92 Å². The zero-order valence-corrected chi connectivity index (χ0v) is 9.87. The van der Waals surface area contributed by atoms with Crippen LogP contribution in [0.3, 0.4) is 0 Å². The first-order valence-corrected chi connectivity index (χ1v) is 6.02. The lowest BCUT2D eigenvalue weighted by molar-refractivity contribution is -0.150. The number of amides is 1. The summed E-state index contributed by atoms with van der Waals surface area (Å²) in [5, 5.41) is 0. The Bertz CT molecular complexity index is 308. The Balaban J connectivity index is 2.00. The third-order valence-corrected chi connectivity index (χ3v) is 3.42. The van der Waals surface area contributed by atoms with Crippen LogP contribution >= 0.6 is 0 Å². The lowest BCUT2D eigenvalue weighted by atomic mass is 10.0. The molecule has 1 amide bonds. The van der Waals surface area contributed by atoms with E-state index in [1.165, 1.54) is 12.8 Å². The van der Waals surface area contributed by atoms with Gasteiger partial charge in [-0.1, -0.05) is 5.92 Å². The zero-order valence-electron chi connectivity index (χ0n) is 9.87. The van der Waals surface area contributed by atoms with Crippen molar-refractivity contribution in [3.63, 3.8) is 0 Å². The summed E-state index contributed by atoms with van der Waals surface area (Å²) in [6, 6.07) is 0. The van der Waals surface area contributed by atoms with E-state index in [0.29, 0.717) is 19.1 Å². The highest BCUT2D eigenvalue weighted by Gasteiger charge is 2.41. The molecule has 0 aromatic heterocycles. The van der Waals surface area contributed by atoms with Gasteiger partial charge < -0.3 is 9.64 Å². The molecule has 2 aliphatic rings. The van der Waals surface area contributed by atoms with E-state index in [0.717, 1.165) is 19.4 Å². The predicted octanol–water partition coefficient (Wildman–Crippen LogP) is 1.43. The van der Waals surface area contributed by atoms with Crippen LogP contribution in [0.25, 0.3) is 0 Å². The average molecular weight is 221 g/mol. The molecule has 1 saturated heterocycles. The molecular formula is C13H19NO2. The molecule has 88 valence electrons. The van der Waals surface area contributed by atoms with E-state index in [9.17, 15) is 4.79 Å². The Kier molecular flexibility index (Phi) is 3.20. The summed E-state index contributed by atoms with van der Waals surface area (Å²) in [5.41, 5.74) is -0.619. The number of rotatable bonds is 4. The van der Waals surface area contributed by atoms with Crippen LogP contribution in [0, 0.1) is 18.3 Å². The summed E-state index contributed by atoms with van der Waals surface area (Å²) in [7, 11) is 0. The summed E-state index contributed by atoms with van der Waals surface area (Å²) in [6.07, 6.45) is 9.56. The molecule has 1 atom stereocenters. The van der Waals surface area contributed by atoms with Crippen LogP contribution in [-0.4, -0.2) is 36.1 Å². The van der Waals surface area contributed by atoms with Crippen molar-refractivity contribution < 1.29 is 9.53 Å². The van der Waals surface area contributed by atoms with Gasteiger partial charge in [0.15, 0.2) is 0 Å². The van der Waals surface area contributed by atoms with Gasteiger partial charge >= 0.3 is 0 Å². The smallest absolute Gasteiger partial charge is 0.255 e. The number of ether oxygens (including phenoxy) is 1. The highest BCUT2D eigenvalue weighted by molar-refractivity contribution is 5.85. The number of nitrogens with zero attached hydrogens (tertiary/aromatic N) is 1. The first-order valence-electron chi connectivity index (χ1n) is 6.02. The average Bonchev–Trinajstić information content (AvgIpc) is 2.97. The van der Waals surface area contributed by atoms with E-state index in [1.807, 2.05) is 6.92 Å². The van der Waals surface area contributed by atoms with E-state index in [2.05, 4.69) is 5.92 Å². The standard InChI is InChI=1S/C13H19NO2/c1-3-8-14(10-11-5-6-11)12(15)13(2)7-4-9-16-13/h1,11H,4-10H2,2H3. The third-order valence-electron chi connectivity index (χ3n) is 3.42. The van der Waals surface area contributed by atoms with Gasteiger partial charge in [0, 0.05) is 13.2 Å². The Morgan fingerprint density at radius 2 is 2.38 bits per heavy atom. The van der Waals surface area contributed by atoms with Crippen molar-refractivity contribution in [3.8, 4) is 12.3 Å². The Hall–Kier alpha value is -1.01. The highest BCUT2D eigenvalue weighted by atomic mass is 16.5. The maximum Gasteiger partial charge on any atom is 0.255 e. The molecule has 3 nitrogen and oxygen atoms in total. The lowest BCUT2D eigenvalue weighted by Gasteiger charge is -2.30. The molecule has 0 aromatic rings. The quantitative estimate of drug-likeness (QED) is 0.672. The molecule has 0 bridgehead atoms. The molecule has 1 aliphatic heterocycles. The number of carbonyl (C=O) groups is 1. The maximum absolute atomic E-state index is 12.3. The first kappa shape index (κ1) is 11.5. The molecule has 1 saturated carbocycles. The topological polar surface area (TPSA) is 29.5 Å². The van der Waals surface area contributed by atoms with Crippen LogP contribution in [-0.2, 0) is 9.53 Å². The fraction of sp³-hybridized carbons (Fsp3) is 0.769. The molecule has 16 heavy (non-hydrogen) atoms. The van der Waals surface area contributed by atoms with E-state index >= 15 is 0 Å². The first-order chi connectivity index (χ1) is 7.65. The number of hydrogen-bond donors (Lipinski definition) is 0. The lowest BCUT2D eigenvalue weighted by Crippen LogP contribution is -2.47. The SMILES string of the molecule is C#CCN(CC1CC1)C(=O)C1(C)CCCO1. The van der Waals surface area contributed by atoms with Crippen molar-refractivity contribution in [2.75, 3.05) is 19.7 Å². The van der Waals surface area contributed by atoms with Gasteiger partial charge in [-0.15, -0.1) is 6.42 Å². The van der Waals surface area contributed by atoms with Crippen LogP contribution in [0.1, 0.15) is 32.6 Å². The van der Waals surface area contributed by atoms with Gasteiger partial charge in [0.2, 0.25) is 0 Å². The minimum atomic E-state index is -0.619. The number of carbonyl (C=O) groups excluding carboxylic acids is 1. The van der Waals surface area contributed by atoms with Crippen molar-refractivity contribution in [2.45, 2.75) is 38.2 Å². The summed E-state index contributed by atoms with van der Waals surface area (Å²) in [4.78, 5) is 14.1. The van der Waals surface area contributed by atoms with Crippen LogP contribution in [0.5, 0.6) is 0 Å². The number of terminal acetylenes is 1. The largest absolute Gasteiger partial charge is 0.365 e. The van der Waals surface area contributed by atoms with Crippen LogP contribution in [0.2, 0.25) is 0 Å². The van der Waals surface area contributed by atoms with E-state index in [-0.39, 0.29) is 5.91 Å². The summed E-state index contributed by atoms with van der Waals surface area (Å²) in [6.45, 7) is 3.80. The van der Waals surface area contributed by atoms with Gasteiger partial charge in [-0.3, -0.25) is 4.79 Å². The molecule has 0 aromatic carbocycles. The van der Waals surface area contributed by atoms with Gasteiger partial charge in [0.05, 0.1) is 6.54 Å². The van der Waals surface area contributed by atoms with Crippen molar-refractivity contribution in [3.05, 3.63) is 0 Å². The van der Waals surface area contributed by atoms with Crippen molar-refractivity contribution >= 4 is 5.91 Å². The van der Waals surface area contributed by atoms with Gasteiger partial charge in [-0.25, -0.2) is 0 Å². The molecule has 1 heterocycles. The molecule has 0 spiro atoms. The normalized spacial score (nSPS) is 28.8. The fourth-order valence-electron chi connectivity index (χ4n) is 2.22. The second-order valence-electron chi connectivity index (χ2n) is 5.02. The molecule has 1 aliphatic carbocycles. The van der Waals surface area contributed by atoms with Gasteiger partial charge in [0.25, 0.3) is 5.91 Å². The summed E-state index contributed by atoms with van der Waals surface area (Å²) < 4.78 is 5.57. The molecule has 0 N–H and O–H groups in total. The van der Waals surface area contributed by atoms with E-state index < -0.39 is 5.60 Å². The number of hydrogen-bond acceptors (Lipinski definition) is 2. The molecule has 0 radical (unpaired) electrons. The monoisotopic (exact) mass is 221 g/mol. The second-order valence-corrected chi connectivity index (χ2v) is 5.02. The highest BCUT2D eigenvalue weighted by Crippen LogP contribution is 2.32. The Morgan fingerprint density at radius 1 is 1.62 bits per heavy atom. The fourth-order valence-corrected chi connectivity index (χ4v) is 2.22. The molecule has 2 fully saturated rings. The van der Waals surface area contributed by atoms with Crippen molar-refractivity contribution in [1.29, 1.82) is 0 Å². The molecular weight excluding hydrogens is 202 g/mol.